The van der Waals surface area contributed by atoms with Gasteiger partial charge in [-0.15, -0.1) is 0 Å². The van der Waals surface area contributed by atoms with E-state index in [-0.39, 0.29) is 0 Å². The quantitative estimate of drug-likeness (QED) is 0.744. The Morgan fingerprint density at radius 1 is 1.38 bits per heavy atom. The van der Waals surface area contributed by atoms with Crippen molar-refractivity contribution in [3.8, 4) is 0 Å². The third-order valence-corrected chi connectivity index (χ3v) is 3.90. The Morgan fingerprint density at radius 3 is 2.50 bits per heavy atom. The maximum Gasteiger partial charge on any atom is 0.0215 e. The lowest BCUT2D eigenvalue weighted by Crippen LogP contribution is -2.42. The molecule has 1 aliphatic heterocycles. The van der Waals surface area contributed by atoms with Crippen molar-refractivity contribution in [2.75, 3.05) is 40.3 Å². The number of rotatable bonds is 6. The summed E-state index contributed by atoms with van der Waals surface area (Å²) in [6.45, 7) is 6.80. The molecular weight excluding hydrogens is 198 g/mol. The van der Waals surface area contributed by atoms with Gasteiger partial charge in [0, 0.05) is 19.1 Å². The lowest BCUT2D eigenvalue weighted by molar-refractivity contribution is 0.147. The molecule has 2 N–H and O–H groups in total. The zero-order chi connectivity index (χ0) is 12.0. The van der Waals surface area contributed by atoms with Gasteiger partial charge in [-0.1, -0.05) is 13.3 Å². The van der Waals surface area contributed by atoms with Crippen LogP contribution in [0.5, 0.6) is 0 Å². The summed E-state index contributed by atoms with van der Waals surface area (Å²) in [5, 5.41) is 0. The predicted molar refractivity (Wildman–Crippen MR) is 70.6 cm³/mol. The molecule has 3 nitrogen and oxygen atoms in total. The summed E-state index contributed by atoms with van der Waals surface area (Å²) in [7, 11) is 4.46. The molecule has 1 rings (SSSR count). The molecule has 0 spiro atoms. The normalized spacial score (nSPS) is 21.6. The zero-order valence-corrected chi connectivity index (χ0v) is 11.3. The van der Waals surface area contributed by atoms with Gasteiger partial charge >= 0.3 is 0 Å². The first-order valence-electron chi connectivity index (χ1n) is 6.76. The summed E-state index contributed by atoms with van der Waals surface area (Å²) >= 11 is 0. The molecule has 0 bridgehead atoms. The summed E-state index contributed by atoms with van der Waals surface area (Å²) in [5.74, 6) is 0.882. The lowest BCUT2D eigenvalue weighted by Gasteiger charge is -2.34. The van der Waals surface area contributed by atoms with Crippen molar-refractivity contribution in [3.63, 3.8) is 0 Å². The molecule has 16 heavy (non-hydrogen) atoms. The Kier molecular flexibility index (Phi) is 6.32. The van der Waals surface area contributed by atoms with Crippen LogP contribution in [0.25, 0.3) is 0 Å². The highest BCUT2D eigenvalue weighted by molar-refractivity contribution is 4.76. The molecule has 3 heteroatoms. The Balaban J connectivity index is 2.29. The molecule has 0 aliphatic carbocycles. The van der Waals surface area contributed by atoms with Crippen LogP contribution < -0.4 is 5.73 Å². The van der Waals surface area contributed by atoms with Gasteiger partial charge in [0.2, 0.25) is 0 Å². The molecule has 0 aromatic rings. The standard InChI is InChI=1S/C13H29N3/c1-4-5-13(10-14)16(3)11-12-6-8-15(2)9-7-12/h12-13H,4-11,14H2,1-3H3. The van der Waals surface area contributed by atoms with Gasteiger partial charge in [-0.05, 0) is 52.4 Å². The summed E-state index contributed by atoms with van der Waals surface area (Å²) < 4.78 is 0. The third-order valence-electron chi connectivity index (χ3n) is 3.90. The first kappa shape index (κ1) is 13.9. The van der Waals surface area contributed by atoms with E-state index >= 15 is 0 Å². The average molecular weight is 227 g/mol. The highest BCUT2D eigenvalue weighted by Gasteiger charge is 2.20. The van der Waals surface area contributed by atoms with Crippen LogP contribution in [0.2, 0.25) is 0 Å². The largest absolute Gasteiger partial charge is 0.329 e. The third kappa shape index (κ3) is 4.40. The highest BCUT2D eigenvalue weighted by Crippen LogP contribution is 2.18. The van der Waals surface area contributed by atoms with Gasteiger partial charge < -0.3 is 15.5 Å². The Morgan fingerprint density at radius 2 is 2.00 bits per heavy atom. The maximum absolute atomic E-state index is 5.84. The molecule has 0 aromatic carbocycles. The van der Waals surface area contributed by atoms with Gasteiger partial charge in [0.05, 0.1) is 0 Å². The first-order chi connectivity index (χ1) is 7.67. The number of hydrogen-bond donors (Lipinski definition) is 1. The van der Waals surface area contributed by atoms with Crippen LogP contribution in [-0.4, -0.2) is 56.1 Å². The Hall–Kier alpha value is -0.120. The van der Waals surface area contributed by atoms with Crippen LogP contribution in [0.15, 0.2) is 0 Å². The second-order valence-electron chi connectivity index (χ2n) is 5.36. The molecule has 1 unspecified atom stereocenters. The van der Waals surface area contributed by atoms with E-state index in [0.29, 0.717) is 6.04 Å². The summed E-state index contributed by atoms with van der Waals surface area (Å²) in [6, 6.07) is 0.588. The Bertz CT molecular complexity index is 176. The van der Waals surface area contributed by atoms with Crippen LogP contribution in [0.1, 0.15) is 32.6 Å². The molecule has 0 aromatic heterocycles. The topological polar surface area (TPSA) is 32.5 Å². The van der Waals surface area contributed by atoms with E-state index < -0.39 is 0 Å². The van der Waals surface area contributed by atoms with Crippen molar-refractivity contribution in [1.29, 1.82) is 0 Å². The predicted octanol–water partition coefficient (Wildman–Crippen LogP) is 1.39. The first-order valence-corrected chi connectivity index (χ1v) is 6.76. The molecule has 1 saturated heterocycles. The molecule has 0 radical (unpaired) electrons. The van der Waals surface area contributed by atoms with Gasteiger partial charge in [-0.3, -0.25) is 0 Å². The molecule has 1 atom stereocenters. The van der Waals surface area contributed by atoms with Crippen LogP contribution >= 0.6 is 0 Å². The monoisotopic (exact) mass is 227 g/mol. The number of piperidine rings is 1. The van der Waals surface area contributed by atoms with E-state index in [1.54, 1.807) is 0 Å². The van der Waals surface area contributed by atoms with Gasteiger partial charge in [0.25, 0.3) is 0 Å². The minimum absolute atomic E-state index is 0.588. The van der Waals surface area contributed by atoms with Crippen molar-refractivity contribution in [2.45, 2.75) is 38.6 Å². The fraction of sp³-hybridized carbons (Fsp3) is 1.00. The molecule has 1 aliphatic rings. The molecule has 1 heterocycles. The van der Waals surface area contributed by atoms with E-state index in [1.807, 2.05) is 0 Å². The fourth-order valence-corrected chi connectivity index (χ4v) is 2.65. The minimum atomic E-state index is 0.588. The van der Waals surface area contributed by atoms with Crippen molar-refractivity contribution >= 4 is 0 Å². The number of hydrogen-bond acceptors (Lipinski definition) is 3. The summed E-state index contributed by atoms with van der Waals surface area (Å²) in [4.78, 5) is 4.92. The second-order valence-corrected chi connectivity index (χ2v) is 5.36. The van der Waals surface area contributed by atoms with E-state index in [9.17, 15) is 0 Å². The van der Waals surface area contributed by atoms with Crippen LogP contribution in [0.4, 0.5) is 0 Å². The molecule has 96 valence electrons. The van der Waals surface area contributed by atoms with Crippen LogP contribution in [0.3, 0.4) is 0 Å². The van der Waals surface area contributed by atoms with Crippen LogP contribution in [-0.2, 0) is 0 Å². The van der Waals surface area contributed by atoms with Gasteiger partial charge in [-0.25, -0.2) is 0 Å². The van der Waals surface area contributed by atoms with Gasteiger partial charge in [0.15, 0.2) is 0 Å². The SMILES string of the molecule is CCCC(CN)N(C)CC1CCN(C)CC1. The molecule has 0 amide bonds. The van der Waals surface area contributed by atoms with E-state index in [1.165, 1.54) is 45.3 Å². The zero-order valence-electron chi connectivity index (χ0n) is 11.3. The van der Waals surface area contributed by atoms with Gasteiger partial charge in [-0.2, -0.15) is 0 Å². The van der Waals surface area contributed by atoms with Crippen molar-refractivity contribution < 1.29 is 0 Å². The van der Waals surface area contributed by atoms with E-state index in [0.717, 1.165) is 12.5 Å². The van der Waals surface area contributed by atoms with E-state index in [4.69, 9.17) is 5.73 Å². The number of likely N-dealkylation sites (N-methyl/N-ethyl adjacent to an activating group) is 1. The molecule has 0 saturated carbocycles. The summed E-state index contributed by atoms with van der Waals surface area (Å²) in [5.41, 5.74) is 5.84. The Labute approximate surface area is 101 Å². The summed E-state index contributed by atoms with van der Waals surface area (Å²) in [6.07, 6.45) is 5.17. The molecule has 1 fully saturated rings. The molecular formula is C13H29N3. The maximum atomic E-state index is 5.84. The minimum Gasteiger partial charge on any atom is -0.329 e. The smallest absolute Gasteiger partial charge is 0.0215 e. The van der Waals surface area contributed by atoms with E-state index in [2.05, 4.69) is 30.8 Å². The number of nitrogens with two attached hydrogens (primary N) is 1. The number of nitrogens with zero attached hydrogens (tertiary/aromatic N) is 2. The van der Waals surface area contributed by atoms with Gasteiger partial charge in [0.1, 0.15) is 0 Å². The lowest BCUT2D eigenvalue weighted by atomic mass is 9.96. The van der Waals surface area contributed by atoms with Crippen molar-refractivity contribution in [3.05, 3.63) is 0 Å². The average Bonchev–Trinajstić information content (AvgIpc) is 2.29. The van der Waals surface area contributed by atoms with Crippen molar-refractivity contribution in [1.82, 2.24) is 9.80 Å². The fourth-order valence-electron chi connectivity index (χ4n) is 2.65. The van der Waals surface area contributed by atoms with Crippen molar-refractivity contribution in [2.24, 2.45) is 11.7 Å². The van der Waals surface area contributed by atoms with Crippen LogP contribution in [0, 0.1) is 5.92 Å². The second kappa shape index (κ2) is 7.25. The number of likely N-dealkylation sites (tertiary alicyclic amines) is 1. The highest BCUT2D eigenvalue weighted by atomic mass is 15.1.